The SMILES string of the molecule is CC(C)(C)NCC1CCCN1c1ncc(F)cc1F. The Labute approximate surface area is 113 Å². The lowest BCUT2D eigenvalue weighted by molar-refractivity contribution is 0.403. The molecule has 0 saturated carbocycles. The van der Waals surface area contributed by atoms with Gasteiger partial charge in [-0.3, -0.25) is 0 Å². The molecule has 0 radical (unpaired) electrons. The molecule has 1 aliphatic heterocycles. The summed E-state index contributed by atoms with van der Waals surface area (Å²) in [5.41, 5.74) is 0.0308. The lowest BCUT2D eigenvalue weighted by Crippen LogP contribution is -2.45. The van der Waals surface area contributed by atoms with E-state index in [4.69, 9.17) is 0 Å². The van der Waals surface area contributed by atoms with E-state index in [-0.39, 0.29) is 17.4 Å². The summed E-state index contributed by atoms with van der Waals surface area (Å²) in [7, 11) is 0. The van der Waals surface area contributed by atoms with E-state index < -0.39 is 11.6 Å². The van der Waals surface area contributed by atoms with Crippen molar-refractivity contribution in [3.8, 4) is 0 Å². The van der Waals surface area contributed by atoms with Crippen molar-refractivity contribution in [1.29, 1.82) is 0 Å². The number of nitrogens with zero attached hydrogens (tertiary/aromatic N) is 2. The van der Waals surface area contributed by atoms with Gasteiger partial charge in [-0.2, -0.15) is 0 Å². The molecule has 1 aromatic heterocycles. The number of hydrogen-bond donors (Lipinski definition) is 1. The number of hydrogen-bond acceptors (Lipinski definition) is 3. The number of anilines is 1. The van der Waals surface area contributed by atoms with E-state index in [2.05, 4.69) is 31.1 Å². The summed E-state index contributed by atoms with van der Waals surface area (Å²) in [5, 5.41) is 3.43. The maximum absolute atomic E-state index is 13.8. The molecule has 1 saturated heterocycles. The van der Waals surface area contributed by atoms with E-state index in [1.165, 1.54) is 0 Å². The van der Waals surface area contributed by atoms with Gasteiger partial charge in [0.2, 0.25) is 0 Å². The minimum absolute atomic E-state index is 0.0308. The molecule has 0 spiro atoms. The quantitative estimate of drug-likeness (QED) is 0.914. The Kier molecular flexibility index (Phi) is 4.04. The van der Waals surface area contributed by atoms with Gasteiger partial charge in [0.25, 0.3) is 0 Å². The molecule has 1 aromatic rings. The summed E-state index contributed by atoms with van der Waals surface area (Å²) in [6, 6.07) is 1.11. The van der Waals surface area contributed by atoms with Crippen molar-refractivity contribution in [3.05, 3.63) is 23.9 Å². The molecular weight excluding hydrogens is 248 g/mol. The standard InChI is InChI=1S/C14H21F2N3/c1-14(2,3)18-9-11-5-4-6-19(11)13-12(16)7-10(15)8-17-13/h7-8,11,18H,4-6,9H2,1-3H3. The third kappa shape index (κ3) is 3.62. The van der Waals surface area contributed by atoms with Crippen molar-refractivity contribution in [1.82, 2.24) is 10.3 Å². The second-order valence-electron chi connectivity index (χ2n) is 6.08. The number of rotatable bonds is 3. The van der Waals surface area contributed by atoms with Crippen LogP contribution in [0.15, 0.2) is 12.3 Å². The molecule has 0 aliphatic carbocycles. The molecule has 0 bridgehead atoms. The Balaban J connectivity index is 2.10. The van der Waals surface area contributed by atoms with Crippen LogP contribution in [0.1, 0.15) is 33.6 Å². The lowest BCUT2D eigenvalue weighted by Gasteiger charge is -2.29. The highest BCUT2D eigenvalue weighted by atomic mass is 19.1. The smallest absolute Gasteiger partial charge is 0.168 e. The molecule has 1 unspecified atom stereocenters. The highest BCUT2D eigenvalue weighted by Gasteiger charge is 2.28. The number of halogens is 2. The zero-order valence-electron chi connectivity index (χ0n) is 11.7. The zero-order chi connectivity index (χ0) is 14.0. The molecule has 1 atom stereocenters. The topological polar surface area (TPSA) is 28.2 Å². The molecule has 19 heavy (non-hydrogen) atoms. The van der Waals surface area contributed by atoms with Gasteiger partial charge in [0.1, 0.15) is 5.82 Å². The highest BCUT2D eigenvalue weighted by Crippen LogP contribution is 2.26. The summed E-state index contributed by atoms with van der Waals surface area (Å²) in [6.45, 7) is 7.85. The molecule has 106 valence electrons. The monoisotopic (exact) mass is 269 g/mol. The number of aromatic nitrogens is 1. The van der Waals surface area contributed by atoms with Crippen LogP contribution in [0.2, 0.25) is 0 Å². The van der Waals surface area contributed by atoms with Gasteiger partial charge >= 0.3 is 0 Å². The van der Waals surface area contributed by atoms with E-state index >= 15 is 0 Å². The van der Waals surface area contributed by atoms with Crippen LogP contribution in [0.25, 0.3) is 0 Å². The van der Waals surface area contributed by atoms with Gasteiger partial charge in [0.05, 0.1) is 6.20 Å². The molecule has 0 aromatic carbocycles. The van der Waals surface area contributed by atoms with Crippen LogP contribution < -0.4 is 10.2 Å². The van der Waals surface area contributed by atoms with Crippen LogP contribution in [0.3, 0.4) is 0 Å². The molecular formula is C14H21F2N3. The van der Waals surface area contributed by atoms with Gasteiger partial charge in [-0.05, 0) is 33.6 Å². The summed E-state index contributed by atoms with van der Waals surface area (Å²) < 4.78 is 26.7. The Bertz CT molecular complexity index is 443. The number of nitrogens with one attached hydrogen (secondary N) is 1. The first-order valence-electron chi connectivity index (χ1n) is 6.69. The van der Waals surface area contributed by atoms with Crippen molar-refractivity contribution in [2.45, 2.75) is 45.2 Å². The van der Waals surface area contributed by atoms with E-state index in [0.29, 0.717) is 0 Å². The Morgan fingerprint density at radius 1 is 1.42 bits per heavy atom. The summed E-state index contributed by atoms with van der Waals surface area (Å²) >= 11 is 0. The third-order valence-corrected chi connectivity index (χ3v) is 3.31. The van der Waals surface area contributed by atoms with Crippen molar-refractivity contribution >= 4 is 5.82 Å². The summed E-state index contributed by atoms with van der Waals surface area (Å²) in [4.78, 5) is 5.84. The molecule has 1 N–H and O–H groups in total. The summed E-state index contributed by atoms with van der Waals surface area (Å²) in [6.07, 6.45) is 3.08. The minimum atomic E-state index is -0.634. The first kappa shape index (κ1) is 14.2. The molecule has 3 nitrogen and oxygen atoms in total. The average Bonchev–Trinajstić information content (AvgIpc) is 2.73. The van der Waals surface area contributed by atoms with Gasteiger partial charge < -0.3 is 10.2 Å². The largest absolute Gasteiger partial charge is 0.350 e. The highest BCUT2D eigenvalue weighted by molar-refractivity contribution is 5.42. The molecule has 0 amide bonds. The van der Waals surface area contributed by atoms with Crippen LogP contribution in [0.5, 0.6) is 0 Å². The van der Waals surface area contributed by atoms with Crippen molar-refractivity contribution in [2.75, 3.05) is 18.0 Å². The Morgan fingerprint density at radius 3 is 2.79 bits per heavy atom. The van der Waals surface area contributed by atoms with E-state index in [9.17, 15) is 8.78 Å². The third-order valence-electron chi connectivity index (χ3n) is 3.31. The fourth-order valence-electron chi connectivity index (χ4n) is 2.37. The van der Waals surface area contributed by atoms with E-state index in [1.54, 1.807) is 0 Å². The van der Waals surface area contributed by atoms with Gasteiger partial charge in [-0.1, -0.05) is 0 Å². The van der Waals surface area contributed by atoms with Crippen molar-refractivity contribution < 1.29 is 8.78 Å². The first-order valence-corrected chi connectivity index (χ1v) is 6.69. The number of pyridine rings is 1. The predicted molar refractivity (Wildman–Crippen MR) is 72.3 cm³/mol. The average molecular weight is 269 g/mol. The molecule has 5 heteroatoms. The van der Waals surface area contributed by atoms with Crippen molar-refractivity contribution in [2.24, 2.45) is 0 Å². The molecule has 2 heterocycles. The van der Waals surface area contributed by atoms with E-state index in [0.717, 1.165) is 38.2 Å². The van der Waals surface area contributed by atoms with Gasteiger partial charge in [0, 0.05) is 30.7 Å². The molecule has 2 rings (SSSR count). The maximum atomic E-state index is 13.8. The van der Waals surface area contributed by atoms with E-state index in [1.807, 2.05) is 4.90 Å². The van der Waals surface area contributed by atoms with Crippen LogP contribution >= 0.6 is 0 Å². The fourth-order valence-corrected chi connectivity index (χ4v) is 2.37. The predicted octanol–water partition coefficient (Wildman–Crippen LogP) is 2.72. The molecule has 1 aliphatic rings. The lowest BCUT2D eigenvalue weighted by atomic mass is 10.1. The van der Waals surface area contributed by atoms with Gasteiger partial charge in [-0.15, -0.1) is 0 Å². The maximum Gasteiger partial charge on any atom is 0.168 e. The van der Waals surface area contributed by atoms with Gasteiger partial charge in [0.15, 0.2) is 11.6 Å². The van der Waals surface area contributed by atoms with Gasteiger partial charge in [-0.25, -0.2) is 13.8 Å². The second-order valence-corrected chi connectivity index (χ2v) is 6.08. The first-order chi connectivity index (χ1) is 8.87. The van der Waals surface area contributed by atoms with Crippen molar-refractivity contribution in [3.63, 3.8) is 0 Å². The normalized spacial score (nSPS) is 20.1. The zero-order valence-corrected chi connectivity index (χ0v) is 11.7. The Hall–Kier alpha value is -1.23. The fraction of sp³-hybridized carbons (Fsp3) is 0.643. The molecule has 1 fully saturated rings. The van der Waals surface area contributed by atoms with Crippen LogP contribution in [-0.4, -0.2) is 29.7 Å². The van der Waals surface area contributed by atoms with Crippen LogP contribution in [0.4, 0.5) is 14.6 Å². The van der Waals surface area contributed by atoms with Crippen LogP contribution in [-0.2, 0) is 0 Å². The second kappa shape index (κ2) is 5.41. The van der Waals surface area contributed by atoms with Crippen LogP contribution in [0, 0.1) is 11.6 Å². The minimum Gasteiger partial charge on any atom is -0.350 e. The summed E-state index contributed by atoms with van der Waals surface area (Å²) in [5.74, 6) is -0.952. The Morgan fingerprint density at radius 2 is 2.16 bits per heavy atom.